The molecule has 2 heterocycles. The van der Waals surface area contributed by atoms with Crippen LogP contribution in [-0.2, 0) is 10.0 Å². The van der Waals surface area contributed by atoms with Crippen LogP contribution >= 0.6 is 0 Å². The lowest BCUT2D eigenvalue weighted by Crippen LogP contribution is -2.13. The fraction of sp³-hybridized carbons (Fsp3) is 0. The molecule has 0 saturated carbocycles. The van der Waals surface area contributed by atoms with Gasteiger partial charge in [-0.1, -0.05) is 24.3 Å². The lowest BCUT2D eigenvalue weighted by atomic mass is 10.2. The average molecular weight is 419 g/mol. The quantitative estimate of drug-likeness (QED) is 0.339. The number of hydrogen-bond acceptors (Lipinski definition) is 6. The summed E-state index contributed by atoms with van der Waals surface area (Å²) in [5, 5.41) is 3.80. The molecule has 7 nitrogen and oxygen atoms in total. The Morgan fingerprint density at radius 3 is 2.47 bits per heavy atom. The summed E-state index contributed by atoms with van der Waals surface area (Å²) < 4.78 is 32.8. The maximum Gasteiger partial charge on any atom is 0.263 e. The van der Waals surface area contributed by atoms with E-state index in [1.165, 1.54) is 30.6 Å². The van der Waals surface area contributed by atoms with Gasteiger partial charge >= 0.3 is 0 Å². The molecule has 0 unspecified atom stereocenters. The molecule has 0 aliphatic carbocycles. The number of nitrogens with one attached hydrogen (secondary N) is 2. The molecule has 2 aromatic heterocycles. The maximum absolute atomic E-state index is 12.4. The van der Waals surface area contributed by atoms with E-state index in [9.17, 15) is 13.2 Å². The van der Waals surface area contributed by atoms with E-state index in [1.807, 2.05) is 18.2 Å². The van der Waals surface area contributed by atoms with Crippen molar-refractivity contribution in [3.05, 3.63) is 97.0 Å². The Morgan fingerprint density at radius 1 is 0.967 bits per heavy atom. The van der Waals surface area contributed by atoms with Crippen molar-refractivity contribution in [2.45, 2.75) is 4.90 Å². The van der Waals surface area contributed by atoms with Gasteiger partial charge in [0.1, 0.15) is 11.4 Å². The summed E-state index contributed by atoms with van der Waals surface area (Å²) in [6, 6.07) is 20.2. The predicted molar refractivity (Wildman–Crippen MR) is 115 cm³/mol. The van der Waals surface area contributed by atoms with Crippen molar-refractivity contribution in [2.75, 3.05) is 10.0 Å². The van der Waals surface area contributed by atoms with Crippen molar-refractivity contribution >= 4 is 38.3 Å². The summed E-state index contributed by atoms with van der Waals surface area (Å²) in [5.41, 5.74) is 1.28. The number of aromatic nitrogens is 1. The van der Waals surface area contributed by atoms with Crippen LogP contribution in [0, 0.1) is 0 Å². The Kier molecular flexibility index (Phi) is 5.32. The van der Waals surface area contributed by atoms with Gasteiger partial charge in [-0.3, -0.25) is 9.52 Å². The molecule has 0 amide bonds. The smallest absolute Gasteiger partial charge is 0.263 e. The van der Waals surface area contributed by atoms with Crippen LogP contribution in [0.15, 0.2) is 101 Å². The Morgan fingerprint density at radius 2 is 1.73 bits per heavy atom. The summed E-state index contributed by atoms with van der Waals surface area (Å²) >= 11 is 0. The summed E-state index contributed by atoms with van der Waals surface area (Å²) in [5.74, 6) is 0.209. The fourth-order valence-corrected chi connectivity index (χ4v) is 3.76. The summed E-state index contributed by atoms with van der Waals surface area (Å²) in [7, 11) is -3.74. The standard InChI is InChI=1S/C22H17N3O4S/c26-19(21-15-16-5-1-2-6-20(16)29-21)12-14-23-17-8-10-18(11-9-17)30(27,28)25-22-7-3-4-13-24-22/h1-15,23H,(H,24,25)/b14-12+. The van der Waals surface area contributed by atoms with Crippen LogP contribution in [0.4, 0.5) is 11.5 Å². The van der Waals surface area contributed by atoms with E-state index in [4.69, 9.17) is 4.42 Å². The second-order valence-corrected chi connectivity index (χ2v) is 8.02. The van der Waals surface area contributed by atoms with E-state index in [-0.39, 0.29) is 22.3 Å². The zero-order valence-corrected chi connectivity index (χ0v) is 16.5. The minimum Gasteiger partial charge on any atom is -0.453 e. The number of para-hydroxylation sites is 1. The van der Waals surface area contributed by atoms with Gasteiger partial charge in [-0.15, -0.1) is 0 Å². The van der Waals surface area contributed by atoms with Crippen molar-refractivity contribution in [3.63, 3.8) is 0 Å². The van der Waals surface area contributed by atoms with Crippen molar-refractivity contribution in [2.24, 2.45) is 0 Å². The molecule has 8 heteroatoms. The van der Waals surface area contributed by atoms with Gasteiger partial charge in [0.25, 0.3) is 10.0 Å². The van der Waals surface area contributed by atoms with Crippen LogP contribution in [0.25, 0.3) is 11.0 Å². The first-order chi connectivity index (χ1) is 14.5. The summed E-state index contributed by atoms with van der Waals surface area (Å²) in [6.07, 6.45) is 4.33. The SMILES string of the molecule is O=C(/C=C/Nc1ccc(S(=O)(=O)Nc2ccccn2)cc1)c1cc2ccccc2o1. The number of pyridine rings is 1. The topological polar surface area (TPSA) is 101 Å². The minimum absolute atomic E-state index is 0.0982. The van der Waals surface area contributed by atoms with Crippen LogP contribution in [0.5, 0.6) is 0 Å². The van der Waals surface area contributed by atoms with E-state index in [0.29, 0.717) is 11.3 Å². The lowest BCUT2D eigenvalue weighted by Gasteiger charge is -2.08. The summed E-state index contributed by atoms with van der Waals surface area (Å²) in [6.45, 7) is 0. The molecule has 0 aliphatic rings. The van der Waals surface area contributed by atoms with Crippen LogP contribution in [0.2, 0.25) is 0 Å². The molecule has 2 aromatic carbocycles. The number of allylic oxidation sites excluding steroid dienone is 1. The normalized spacial score (nSPS) is 11.6. The van der Waals surface area contributed by atoms with E-state index < -0.39 is 10.0 Å². The second-order valence-electron chi connectivity index (χ2n) is 6.34. The third-order valence-electron chi connectivity index (χ3n) is 4.22. The van der Waals surface area contributed by atoms with Gasteiger partial charge in [0.2, 0.25) is 5.78 Å². The van der Waals surface area contributed by atoms with Gasteiger partial charge in [-0.2, -0.15) is 0 Å². The number of benzene rings is 2. The Hall–Kier alpha value is -3.91. The van der Waals surface area contributed by atoms with Crippen molar-refractivity contribution in [3.8, 4) is 0 Å². The first-order valence-electron chi connectivity index (χ1n) is 9.01. The molecule has 0 saturated heterocycles. The monoisotopic (exact) mass is 419 g/mol. The van der Waals surface area contributed by atoms with E-state index in [2.05, 4.69) is 15.0 Å². The number of sulfonamides is 1. The number of rotatable bonds is 7. The number of hydrogen-bond donors (Lipinski definition) is 2. The number of nitrogens with zero attached hydrogens (tertiary/aromatic N) is 1. The Bertz CT molecular complexity index is 1280. The van der Waals surface area contributed by atoms with Crippen LogP contribution in [-0.4, -0.2) is 19.2 Å². The van der Waals surface area contributed by atoms with Gasteiger partial charge in [-0.25, -0.2) is 13.4 Å². The van der Waals surface area contributed by atoms with Crippen LogP contribution in [0.1, 0.15) is 10.6 Å². The highest BCUT2D eigenvalue weighted by Crippen LogP contribution is 2.20. The highest BCUT2D eigenvalue weighted by atomic mass is 32.2. The van der Waals surface area contributed by atoms with E-state index in [0.717, 1.165) is 5.39 Å². The maximum atomic E-state index is 12.4. The number of anilines is 2. The van der Waals surface area contributed by atoms with Crippen molar-refractivity contribution in [1.29, 1.82) is 0 Å². The van der Waals surface area contributed by atoms with E-state index in [1.54, 1.807) is 42.5 Å². The van der Waals surface area contributed by atoms with Crippen molar-refractivity contribution < 1.29 is 17.6 Å². The number of ketones is 1. The van der Waals surface area contributed by atoms with Gasteiger partial charge < -0.3 is 9.73 Å². The Labute approximate surface area is 173 Å². The van der Waals surface area contributed by atoms with Gasteiger partial charge in [0, 0.05) is 29.5 Å². The van der Waals surface area contributed by atoms with Gasteiger partial charge in [0.05, 0.1) is 4.90 Å². The van der Waals surface area contributed by atoms with Crippen molar-refractivity contribution in [1.82, 2.24) is 4.98 Å². The number of furan rings is 1. The first-order valence-corrected chi connectivity index (χ1v) is 10.5. The Balaban J connectivity index is 1.40. The zero-order chi connectivity index (χ0) is 21.0. The number of carbonyl (C=O) groups is 1. The molecule has 4 aromatic rings. The summed E-state index contributed by atoms with van der Waals surface area (Å²) in [4.78, 5) is 16.3. The largest absolute Gasteiger partial charge is 0.453 e. The van der Waals surface area contributed by atoms with Crippen LogP contribution < -0.4 is 10.0 Å². The molecule has 0 bridgehead atoms. The number of carbonyl (C=O) groups excluding carboxylic acids is 1. The zero-order valence-electron chi connectivity index (χ0n) is 15.6. The molecule has 0 radical (unpaired) electrons. The molecule has 0 fully saturated rings. The lowest BCUT2D eigenvalue weighted by molar-refractivity contribution is 0.102. The van der Waals surface area contributed by atoms with Gasteiger partial charge in [-0.05, 0) is 48.5 Å². The highest BCUT2D eigenvalue weighted by molar-refractivity contribution is 7.92. The highest BCUT2D eigenvalue weighted by Gasteiger charge is 2.14. The third kappa shape index (κ3) is 4.39. The predicted octanol–water partition coefficient (Wildman–Crippen LogP) is 4.44. The minimum atomic E-state index is -3.74. The van der Waals surface area contributed by atoms with E-state index >= 15 is 0 Å². The molecular weight excluding hydrogens is 402 g/mol. The molecule has 150 valence electrons. The molecule has 2 N–H and O–H groups in total. The molecule has 30 heavy (non-hydrogen) atoms. The average Bonchev–Trinajstić information content (AvgIpc) is 3.19. The molecule has 0 atom stereocenters. The van der Waals surface area contributed by atoms with Crippen LogP contribution in [0.3, 0.4) is 0 Å². The van der Waals surface area contributed by atoms with Gasteiger partial charge in [0.15, 0.2) is 5.76 Å². The molecule has 0 aliphatic heterocycles. The first kappa shape index (κ1) is 19.4. The fourth-order valence-electron chi connectivity index (χ4n) is 2.75. The third-order valence-corrected chi connectivity index (χ3v) is 5.59. The second kappa shape index (κ2) is 8.22. The molecule has 0 spiro atoms. The molecule has 4 rings (SSSR count). The number of fused-ring (bicyclic) bond motifs is 1. The molecular formula is C22H17N3O4S.